The number of Topliss-reactive ketones (excluding diaryl/α,β-unsaturated/α-hetero) is 1. The van der Waals surface area contributed by atoms with E-state index in [4.69, 9.17) is 23.7 Å². The number of methoxy groups -OCH3 is 4. The molecule has 0 unspecified atom stereocenters. The molecule has 2 aromatic carbocycles. The van der Waals surface area contributed by atoms with Gasteiger partial charge in [0.2, 0.25) is 5.75 Å². The third-order valence-electron chi connectivity index (χ3n) is 3.73. The smallest absolute Gasteiger partial charge is 0.342 e. The fourth-order valence-corrected chi connectivity index (χ4v) is 2.93. The normalized spacial score (nSPS) is 10.1. The first kappa shape index (κ1) is 20.6. The van der Waals surface area contributed by atoms with Crippen LogP contribution < -0.4 is 18.9 Å². The first-order valence-corrected chi connectivity index (χ1v) is 8.58. The van der Waals surface area contributed by atoms with Crippen LogP contribution in [-0.2, 0) is 4.74 Å². The maximum Gasteiger partial charge on any atom is 0.342 e. The van der Waals surface area contributed by atoms with Crippen LogP contribution in [-0.4, -0.2) is 46.8 Å². The summed E-state index contributed by atoms with van der Waals surface area (Å²) >= 11 is 3.31. The van der Waals surface area contributed by atoms with Crippen molar-refractivity contribution in [2.45, 2.75) is 0 Å². The zero-order valence-electron chi connectivity index (χ0n) is 15.3. The number of hydrogen-bond acceptors (Lipinski definition) is 7. The van der Waals surface area contributed by atoms with Crippen molar-refractivity contribution in [2.24, 2.45) is 0 Å². The average molecular weight is 439 g/mol. The van der Waals surface area contributed by atoms with Crippen molar-refractivity contribution in [1.29, 1.82) is 0 Å². The van der Waals surface area contributed by atoms with Gasteiger partial charge >= 0.3 is 5.97 Å². The van der Waals surface area contributed by atoms with Crippen LogP contribution in [0, 0.1) is 0 Å². The molecule has 144 valence electrons. The van der Waals surface area contributed by atoms with Crippen LogP contribution in [0.5, 0.6) is 23.0 Å². The number of ketones is 1. The van der Waals surface area contributed by atoms with Gasteiger partial charge in [-0.3, -0.25) is 4.79 Å². The molecule has 7 nitrogen and oxygen atoms in total. The molecule has 0 aliphatic heterocycles. The lowest BCUT2D eigenvalue weighted by molar-refractivity contribution is 0.0471. The number of carbonyl (C=O) groups excluding carboxylic acids is 2. The van der Waals surface area contributed by atoms with E-state index in [1.54, 1.807) is 24.3 Å². The number of hydrogen-bond donors (Lipinski definition) is 0. The van der Waals surface area contributed by atoms with Gasteiger partial charge in [-0.1, -0.05) is 0 Å². The van der Waals surface area contributed by atoms with Crippen molar-refractivity contribution in [3.63, 3.8) is 0 Å². The van der Waals surface area contributed by atoms with Crippen LogP contribution in [0.15, 0.2) is 34.8 Å². The van der Waals surface area contributed by atoms with E-state index in [1.165, 1.54) is 34.5 Å². The molecule has 0 aromatic heterocycles. The van der Waals surface area contributed by atoms with Crippen molar-refractivity contribution < 1.29 is 33.3 Å². The molecule has 0 bridgehead atoms. The second kappa shape index (κ2) is 9.27. The zero-order chi connectivity index (χ0) is 20.0. The maximum atomic E-state index is 12.4. The molecule has 2 aromatic rings. The molecule has 8 heteroatoms. The quantitative estimate of drug-likeness (QED) is 0.460. The fraction of sp³-hybridized carbons (Fsp3) is 0.263. The van der Waals surface area contributed by atoms with Gasteiger partial charge in [-0.25, -0.2) is 4.79 Å². The zero-order valence-corrected chi connectivity index (χ0v) is 16.9. The van der Waals surface area contributed by atoms with Crippen LogP contribution in [0.25, 0.3) is 0 Å². The van der Waals surface area contributed by atoms with Gasteiger partial charge in [0.1, 0.15) is 11.3 Å². The van der Waals surface area contributed by atoms with E-state index >= 15 is 0 Å². The number of rotatable bonds is 8. The molecule has 27 heavy (non-hydrogen) atoms. The summed E-state index contributed by atoms with van der Waals surface area (Å²) in [5.41, 5.74) is 0.508. The molecule has 0 saturated carbocycles. The van der Waals surface area contributed by atoms with Gasteiger partial charge in [0, 0.05) is 5.56 Å². The lowest BCUT2D eigenvalue weighted by Crippen LogP contribution is -2.15. The van der Waals surface area contributed by atoms with Crippen LogP contribution >= 0.6 is 15.9 Å². The van der Waals surface area contributed by atoms with Gasteiger partial charge in [0.25, 0.3) is 0 Å². The van der Waals surface area contributed by atoms with Crippen molar-refractivity contribution in [1.82, 2.24) is 0 Å². The molecule has 0 saturated heterocycles. The Kier molecular flexibility index (Phi) is 7.06. The summed E-state index contributed by atoms with van der Waals surface area (Å²) in [7, 11) is 5.83. The summed E-state index contributed by atoms with van der Waals surface area (Å²) in [6, 6.07) is 7.89. The molecule has 0 atom stereocenters. The Bertz CT molecular complexity index is 848. The van der Waals surface area contributed by atoms with E-state index in [9.17, 15) is 9.59 Å². The minimum Gasteiger partial charge on any atom is -0.496 e. The highest BCUT2D eigenvalue weighted by Gasteiger charge is 2.22. The largest absolute Gasteiger partial charge is 0.496 e. The molecule has 0 N–H and O–H groups in total. The van der Waals surface area contributed by atoms with Crippen LogP contribution in [0.4, 0.5) is 0 Å². The predicted molar refractivity (Wildman–Crippen MR) is 101 cm³/mol. The average Bonchev–Trinajstić information content (AvgIpc) is 2.70. The van der Waals surface area contributed by atoms with Gasteiger partial charge in [0.15, 0.2) is 23.9 Å². The topological polar surface area (TPSA) is 80.3 Å². The number of esters is 1. The molecule has 0 radical (unpaired) electrons. The lowest BCUT2D eigenvalue weighted by Gasteiger charge is -2.15. The lowest BCUT2D eigenvalue weighted by atomic mass is 10.1. The van der Waals surface area contributed by atoms with Crippen molar-refractivity contribution in [2.75, 3.05) is 35.0 Å². The number of benzene rings is 2. The summed E-state index contributed by atoms with van der Waals surface area (Å²) in [6.07, 6.45) is 0. The van der Waals surface area contributed by atoms with Gasteiger partial charge in [-0.15, -0.1) is 0 Å². The molecule has 0 spiro atoms. The summed E-state index contributed by atoms with van der Waals surface area (Å²) in [5.74, 6) is 0.366. The van der Waals surface area contributed by atoms with Crippen LogP contribution in [0.3, 0.4) is 0 Å². The minimum atomic E-state index is -0.714. The Hall–Kier alpha value is -2.74. The number of halogens is 1. The SMILES string of the molecule is COc1ccc(C(=O)COC(=O)c2ccc(OC)c(OC)c2OC)cc1Br. The number of ether oxygens (including phenoxy) is 5. The Morgan fingerprint density at radius 3 is 2.04 bits per heavy atom. The second-order valence-electron chi connectivity index (χ2n) is 5.23. The van der Waals surface area contributed by atoms with Gasteiger partial charge in [-0.2, -0.15) is 0 Å². The molecular formula is C19H19BrO7. The minimum absolute atomic E-state index is 0.124. The molecule has 0 heterocycles. The molecule has 2 rings (SSSR count). The van der Waals surface area contributed by atoms with E-state index in [-0.39, 0.29) is 22.8 Å². The molecule has 0 fully saturated rings. The summed E-state index contributed by atoms with van der Waals surface area (Å²) in [4.78, 5) is 24.7. The van der Waals surface area contributed by atoms with E-state index in [2.05, 4.69) is 15.9 Å². The van der Waals surface area contributed by atoms with E-state index in [0.29, 0.717) is 21.5 Å². The van der Waals surface area contributed by atoms with Gasteiger partial charge in [-0.05, 0) is 46.3 Å². The Morgan fingerprint density at radius 2 is 1.48 bits per heavy atom. The molecular weight excluding hydrogens is 420 g/mol. The first-order valence-electron chi connectivity index (χ1n) is 7.79. The predicted octanol–water partition coefficient (Wildman–Crippen LogP) is 3.52. The summed E-state index contributed by atoms with van der Waals surface area (Å²) in [6.45, 7) is -0.422. The van der Waals surface area contributed by atoms with Gasteiger partial charge in [0.05, 0.1) is 32.9 Å². The Morgan fingerprint density at radius 1 is 0.852 bits per heavy atom. The van der Waals surface area contributed by atoms with Crippen molar-refractivity contribution in [3.05, 3.63) is 45.9 Å². The second-order valence-corrected chi connectivity index (χ2v) is 6.08. The maximum absolute atomic E-state index is 12.4. The monoisotopic (exact) mass is 438 g/mol. The van der Waals surface area contributed by atoms with E-state index in [1.807, 2.05) is 0 Å². The third kappa shape index (κ3) is 4.51. The van der Waals surface area contributed by atoms with Crippen LogP contribution in [0.2, 0.25) is 0 Å². The highest BCUT2D eigenvalue weighted by atomic mass is 79.9. The molecule has 0 aliphatic carbocycles. The van der Waals surface area contributed by atoms with Crippen molar-refractivity contribution >= 4 is 27.7 Å². The fourth-order valence-electron chi connectivity index (χ4n) is 2.39. The number of carbonyl (C=O) groups is 2. The standard InChI is InChI=1S/C19H19BrO7/c1-23-15-7-5-11(9-13(15)20)14(21)10-27-19(22)12-6-8-16(24-2)18(26-4)17(12)25-3/h5-9H,10H2,1-4H3. The Balaban J connectivity index is 2.16. The van der Waals surface area contributed by atoms with Crippen molar-refractivity contribution in [3.8, 4) is 23.0 Å². The van der Waals surface area contributed by atoms with Gasteiger partial charge < -0.3 is 23.7 Å². The molecule has 0 aliphatic rings. The Labute approximate surface area is 165 Å². The van der Waals surface area contributed by atoms with E-state index < -0.39 is 12.6 Å². The first-order chi connectivity index (χ1) is 13.0. The van der Waals surface area contributed by atoms with E-state index in [0.717, 1.165) is 0 Å². The summed E-state index contributed by atoms with van der Waals surface area (Å²) in [5, 5.41) is 0. The van der Waals surface area contributed by atoms with Crippen LogP contribution in [0.1, 0.15) is 20.7 Å². The third-order valence-corrected chi connectivity index (χ3v) is 4.35. The highest BCUT2D eigenvalue weighted by molar-refractivity contribution is 9.10. The highest BCUT2D eigenvalue weighted by Crippen LogP contribution is 2.40. The molecule has 0 amide bonds. The summed E-state index contributed by atoms with van der Waals surface area (Å²) < 4.78 is 26.6.